The maximum atomic E-state index is 11.4. The number of aryl methyl sites for hydroxylation is 1. The SMILES string of the molecule is Cc1cccc(Cl)c1NS(=O)(=O)CCO. The molecule has 0 heterocycles. The fourth-order valence-electron chi connectivity index (χ4n) is 1.09. The molecule has 4 nitrogen and oxygen atoms in total. The van der Waals surface area contributed by atoms with E-state index >= 15 is 0 Å². The molecule has 1 aromatic carbocycles. The second-order valence-electron chi connectivity index (χ2n) is 3.08. The Morgan fingerprint density at radius 2 is 2.13 bits per heavy atom. The van der Waals surface area contributed by atoms with Gasteiger partial charge >= 0.3 is 0 Å². The van der Waals surface area contributed by atoms with Crippen LogP contribution in [-0.4, -0.2) is 25.9 Å². The summed E-state index contributed by atoms with van der Waals surface area (Å²) in [4.78, 5) is 0. The number of halogens is 1. The van der Waals surface area contributed by atoms with Gasteiger partial charge < -0.3 is 5.11 Å². The van der Waals surface area contributed by atoms with E-state index in [-0.39, 0.29) is 5.75 Å². The van der Waals surface area contributed by atoms with E-state index in [0.717, 1.165) is 5.56 Å². The maximum absolute atomic E-state index is 11.4. The molecular formula is C9H12ClNO3S. The number of aliphatic hydroxyl groups excluding tert-OH is 1. The maximum Gasteiger partial charge on any atom is 0.235 e. The Hall–Kier alpha value is -0.780. The zero-order valence-electron chi connectivity index (χ0n) is 8.20. The monoisotopic (exact) mass is 249 g/mol. The van der Waals surface area contributed by atoms with Crippen LogP contribution in [0.25, 0.3) is 0 Å². The zero-order valence-corrected chi connectivity index (χ0v) is 9.77. The van der Waals surface area contributed by atoms with E-state index in [9.17, 15) is 8.42 Å². The third-order valence-electron chi connectivity index (χ3n) is 1.84. The smallest absolute Gasteiger partial charge is 0.235 e. The number of sulfonamides is 1. The third-order valence-corrected chi connectivity index (χ3v) is 3.39. The molecule has 0 atom stereocenters. The number of rotatable bonds is 4. The van der Waals surface area contributed by atoms with Crippen LogP contribution in [0.1, 0.15) is 5.56 Å². The van der Waals surface area contributed by atoms with E-state index < -0.39 is 16.6 Å². The van der Waals surface area contributed by atoms with Crippen LogP contribution < -0.4 is 4.72 Å². The summed E-state index contributed by atoms with van der Waals surface area (Å²) in [6, 6.07) is 5.09. The Bertz CT molecular complexity index is 424. The average Bonchev–Trinajstić information content (AvgIpc) is 2.11. The van der Waals surface area contributed by atoms with Crippen molar-refractivity contribution in [2.24, 2.45) is 0 Å². The first-order valence-corrected chi connectivity index (χ1v) is 6.36. The van der Waals surface area contributed by atoms with Crippen LogP contribution in [0.2, 0.25) is 5.02 Å². The van der Waals surface area contributed by atoms with E-state index in [4.69, 9.17) is 16.7 Å². The molecule has 1 aromatic rings. The lowest BCUT2D eigenvalue weighted by atomic mass is 10.2. The molecular weight excluding hydrogens is 238 g/mol. The molecule has 0 radical (unpaired) electrons. The van der Waals surface area contributed by atoms with Crippen LogP contribution in [0, 0.1) is 6.92 Å². The molecule has 0 amide bonds. The van der Waals surface area contributed by atoms with Crippen LogP contribution in [0.4, 0.5) is 5.69 Å². The number of hydrogen-bond acceptors (Lipinski definition) is 3. The molecule has 15 heavy (non-hydrogen) atoms. The minimum absolute atomic E-state index is 0.336. The van der Waals surface area contributed by atoms with E-state index in [0.29, 0.717) is 10.7 Å². The first kappa shape index (κ1) is 12.3. The van der Waals surface area contributed by atoms with Gasteiger partial charge in [-0.15, -0.1) is 0 Å². The van der Waals surface area contributed by atoms with Gasteiger partial charge in [0.1, 0.15) is 0 Å². The predicted octanol–water partition coefficient (Wildman–Crippen LogP) is 1.38. The van der Waals surface area contributed by atoms with Gasteiger partial charge in [0.15, 0.2) is 0 Å². The van der Waals surface area contributed by atoms with Crippen LogP contribution in [-0.2, 0) is 10.0 Å². The Labute approximate surface area is 93.9 Å². The highest BCUT2D eigenvalue weighted by Crippen LogP contribution is 2.26. The van der Waals surface area contributed by atoms with Crippen molar-refractivity contribution in [3.05, 3.63) is 28.8 Å². The van der Waals surface area contributed by atoms with Crippen molar-refractivity contribution >= 4 is 27.3 Å². The summed E-state index contributed by atoms with van der Waals surface area (Å²) in [6.45, 7) is 1.33. The number of anilines is 1. The molecule has 0 fully saturated rings. The molecule has 84 valence electrons. The van der Waals surface area contributed by atoms with Crippen LogP contribution >= 0.6 is 11.6 Å². The second-order valence-corrected chi connectivity index (χ2v) is 5.33. The Balaban J connectivity index is 2.99. The quantitative estimate of drug-likeness (QED) is 0.847. The minimum Gasteiger partial charge on any atom is -0.395 e. The van der Waals surface area contributed by atoms with Gasteiger partial charge in [-0.2, -0.15) is 0 Å². The molecule has 0 aliphatic rings. The van der Waals surface area contributed by atoms with Gasteiger partial charge in [-0.05, 0) is 18.6 Å². The lowest BCUT2D eigenvalue weighted by Gasteiger charge is -2.10. The number of para-hydroxylation sites is 1. The second kappa shape index (κ2) is 4.83. The van der Waals surface area contributed by atoms with Crippen molar-refractivity contribution in [3.8, 4) is 0 Å². The summed E-state index contributed by atoms with van der Waals surface area (Å²) >= 11 is 5.85. The normalized spacial score (nSPS) is 11.4. The summed E-state index contributed by atoms with van der Waals surface area (Å²) in [6.07, 6.45) is 0. The lowest BCUT2D eigenvalue weighted by Crippen LogP contribution is -2.19. The minimum atomic E-state index is -3.51. The van der Waals surface area contributed by atoms with Crippen LogP contribution in [0.3, 0.4) is 0 Å². The molecule has 0 saturated heterocycles. The average molecular weight is 250 g/mol. The number of aliphatic hydroxyl groups is 1. The van der Waals surface area contributed by atoms with Gasteiger partial charge in [0, 0.05) is 0 Å². The van der Waals surface area contributed by atoms with E-state index in [2.05, 4.69) is 4.72 Å². The van der Waals surface area contributed by atoms with E-state index in [1.165, 1.54) is 0 Å². The Kier molecular flexibility index (Phi) is 3.96. The predicted molar refractivity (Wildman–Crippen MR) is 60.7 cm³/mol. The standard InChI is InChI=1S/C9H12ClNO3S/c1-7-3-2-4-8(10)9(7)11-15(13,14)6-5-12/h2-4,11-12H,5-6H2,1H3. The van der Waals surface area contributed by atoms with E-state index in [1.807, 2.05) is 0 Å². The molecule has 0 unspecified atom stereocenters. The number of hydrogen-bond donors (Lipinski definition) is 2. The highest BCUT2D eigenvalue weighted by molar-refractivity contribution is 7.92. The van der Waals surface area contributed by atoms with E-state index in [1.54, 1.807) is 25.1 Å². The number of nitrogens with one attached hydrogen (secondary N) is 1. The van der Waals surface area contributed by atoms with Gasteiger partial charge in [0.2, 0.25) is 10.0 Å². The molecule has 6 heteroatoms. The molecule has 0 aliphatic heterocycles. The van der Waals surface area contributed by atoms with Gasteiger partial charge in [0.25, 0.3) is 0 Å². The summed E-state index contributed by atoms with van der Waals surface area (Å²) in [5.74, 6) is -0.336. The molecule has 0 saturated carbocycles. The van der Waals surface area contributed by atoms with Crippen molar-refractivity contribution in [3.63, 3.8) is 0 Å². The highest BCUT2D eigenvalue weighted by atomic mass is 35.5. The molecule has 1 rings (SSSR count). The summed E-state index contributed by atoms with van der Waals surface area (Å²) in [5.41, 5.74) is 1.11. The van der Waals surface area contributed by atoms with Crippen molar-refractivity contribution < 1.29 is 13.5 Å². The first-order valence-electron chi connectivity index (χ1n) is 4.33. The largest absolute Gasteiger partial charge is 0.395 e. The Morgan fingerprint density at radius 1 is 1.47 bits per heavy atom. The van der Waals surface area contributed by atoms with Crippen LogP contribution in [0.15, 0.2) is 18.2 Å². The molecule has 0 spiro atoms. The van der Waals surface area contributed by atoms with Gasteiger partial charge in [-0.3, -0.25) is 4.72 Å². The van der Waals surface area contributed by atoms with Crippen LogP contribution in [0.5, 0.6) is 0 Å². The van der Waals surface area contributed by atoms with Crippen molar-refractivity contribution in [2.75, 3.05) is 17.1 Å². The van der Waals surface area contributed by atoms with Crippen molar-refractivity contribution in [1.29, 1.82) is 0 Å². The Morgan fingerprint density at radius 3 is 2.67 bits per heavy atom. The molecule has 0 bridgehead atoms. The van der Waals surface area contributed by atoms with Gasteiger partial charge in [-0.25, -0.2) is 8.42 Å². The molecule has 0 aliphatic carbocycles. The van der Waals surface area contributed by atoms with Gasteiger partial charge in [-0.1, -0.05) is 23.7 Å². The topological polar surface area (TPSA) is 66.4 Å². The van der Waals surface area contributed by atoms with Gasteiger partial charge in [0.05, 0.1) is 23.1 Å². The lowest BCUT2D eigenvalue weighted by molar-refractivity contribution is 0.320. The fraction of sp³-hybridized carbons (Fsp3) is 0.333. The first-order chi connectivity index (χ1) is 6.96. The zero-order chi connectivity index (χ0) is 11.5. The van der Waals surface area contributed by atoms with Crippen molar-refractivity contribution in [2.45, 2.75) is 6.92 Å². The fourth-order valence-corrected chi connectivity index (χ4v) is 2.34. The highest BCUT2D eigenvalue weighted by Gasteiger charge is 2.12. The third kappa shape index (κ3) is 3.37. The summed E-state index contributed by atoms with van der Waals surface area (Å²) < 4.78 is 25.1. The summed E-state index contributed by atoms with van der Waals surface area (Å²) in [5, 5.41) is 8.91. The number of benzene rings is 1. The molecule has 0 aromatic heterocycles. The summed E-state index contributed by atoms with van der Waals surface area (Å²) in [7, 11) is -3.51. The van der Waals surface area contributed by atoms with Crippen molar-refractivity contribution in [1.82, 2.24) is 0 Å². The molecule has 2 N–H and O–H groups in total.